The molecule has 3 heterocycles. The van der Waals surface area contributed by atoms with Gasteiger partial charge in [-0.25, -0.2) is 4.94 Å². The zero-order chi connectivity index (χ0) is 10.4. The summed E-state index contributed by atoms with van der Waals surface area (Å²) in [6.07, 6.45) is 0.721. The van der Waals surface area contributed by atoms with Crippen molar-refractivity contribution < 1.29 is 9.73 Å². The van der Waals surface area contributed by atoms with E-state index in [1.807, 2.05) is 0 Å². The summed E-state index contributed by atoms with van der Waals surface area (Å²) in [5, 5.41) is 6.76. The van der Waals surface area contributed by atoms with E-state index in [9.17, 15) is 4.79 Å². The van der Waals surface area contributed by atoms with E-state index in [1.165, 1.54) is 0 Å². The molecule has 3 fully saturated rings. The van der Waals surface area contributed by atoms with Gasteiger partial charge in [-0.1, -0.05) is 0 Å². The Morgan fingerprint density at radius 3 is 3.07 bits per heavy atom. The molecular formula is C9H16N4O2. The minimum Gasteiger partial charge on any atom is -0.311 e. The first-order valence-corrected chi connectivity index (χ1v) is 5.46. The first-order valence-electron chi connectivity index (χ1n) is 5.46. The summed E-state index contributed by atoms with van der Waals surface area (Å²) in [4.78, 5) is 16.9. The second-order valence-electron chi connectivity index (χ2n) is 4.52. The van der Waals surface area contributed by atoms with Crippen molar-refractivity contribution in [1.29, 1.82) is 0 Å². The molecule has 6 nitrogen and oxygen atoms in total. The number of hydroxylamine groups is 2. The van der Waals surface area contributed by atoms with Crippen molar-refractivity contribution in [2.24, 2.45) is 5.92 Å². The van der Waals surface area contributed by atoms with E-state index in [2.05, 4.69) is 28.5 Å². The second-order valence-corrected chi connectivity index (χ2v) is 4.52. The molecule has 0 saturated carbocycles. The van der Waals surface area contributed by atoms with Crippen molar-refractivity contribution in [3.05, 3.63) is 0 Å². The topological polar surface area (TPSA) is 74.4 Å². The second kappa shape index (κ2) is 3.50. The Morgan fingerprint density at radius 1 is 1.33 bits per heavy atom. The van der Waals surface area contributed by atoms with Crippen LogP contribution in [0, 0.1) is 5.92 Å². The summed E-state index contributed by atoms with van der Waals surface area (Å²) < 4.78 is 0. The van der Waals surface area contributed by atoms with Crippen LogP contribution in [0.25, 0.3) is 0 Å². The first-order chi connectivity index (χ1) is 7.27. The molecule has 3 rings (SSSR count). The SMILES string of the molecule is CC1NC2NONC2C2NCCC(=O)C12. The number of rotatable bonds is 0. The summed E-state index contributed by atoms with van der Waals surface area (Å²) in [7, 11) is 0. The van der Waals surface area contributed by atoms with Crippen molar-refractivity contribution in [2.45, 2.75) is 37.6 Å². The van der Waals surface area contributed by atoms with Gasteiger partial charge >= 0.3 is 0 Å². The fraction of sp³-hybridized carbons (Fsp3) is 0.889. The Labute approximate surface area is 88.0 Å². The third kappa shape index (κ3) is 1.41. The summed E-state index contributed by atoms with van der Waals surface area (Å²) in [6, 6.07) is 0.477. The predicted molar refractivity (Wildman–Crippen MR) is 52.4 cm³/mol. The lowest BCUT2D eigenvalue weighted by Gasteiger charge is -2.45. The molecule has 0 aromatic heterocycles. The zero-order valence-corrected chi connectivity index (χ0v) is 8.62. The maximum Gasteiger partial charge on any atom is 0.140 e. The highest BCUT2D eigenvalue weighted by Gasteiger charge is 2.49. The molecule has 4 N–H and O–H groups in total. The van der Waals surface area contributed by atoms with Gasteiger partial charge in [0.25, 0.3) is 0 Å². The number of hydrogen-bond acceptors (Lipinski definition) is 6. The van der Waals surface area contributed by atoms with E-state index in [0.29, 0.717) is 12.2 Å². The number of fused-ring (bicyclic) bond motifs is 3. The number of nitrogens with one attached hydrogen (secondary N) is 4. The minimum atomic E-state index is 0.0519. The lowest BCUT2D eigenvalue weighted by Crippen LogP contribution is -2.71. The van der Waals surface area contributed by atoms with Crippen LogP contribution in [-0.4, -0.2) is 36.6 Å². The molecule has 5 atom stereocenters. The highest BCUT2D eigenvalue weighted by atomic mass is 16.8. The Hall–Kier alpha value is -0.530. The van der Waals surface area contributed by atoms with Crippen LogP contribution in [0.4, 0.5) is 0 Å². The quantitative estimate of drug-likeness (QED) is 0.382. The molecule has 5 unspecified atom stereocenters. The minimum absolute atomic E-state index is 0.0519. The molecule has 0 bridgehead atoms. The zero-order valence-electron chi connectivity index (χ0n) is 8.62. The molecule has 3 aliphatic heterocycles. The van der Waals surface area contributed by atoms with Crippen LogP contribution >= 0.6 is 0 Å². The molecule has 3 aliphatic rings. The summed E-state index contributed by atoms with van der Waals surface area (Å²) >= 11 is 0. The van der Waals surface area contributed by atoms with Crippen molar-refractivity contribution in [1.82, 2.24) is 21.6 Å². The van der Waals surface area contributed by atoms with Crippen molar-refractivity contribution in [2.75, 3.05) is 6.54 Å². The number of Topliss-reactive ketones (excluding diaryl/α,β-unsaturated/α-hetero) is 1. The molecule has 0 aliphatic carbocycles. The van der Waals surface area contributed by atoms with E-state index in [0.717, 1.165) is 6.54 Å². The Kier molecular flexibility index (Phi) is 2.26. The van der Waals surface area contributed by atoms with Gasteiger partial charge < -0.3 is 5.32 Å². The lowest BCUT2D eigenvalue weighted by molar-refractivity contribution is -0.128. The molecule has 15 heavy (non-hydrogen) atoms. The van der Waals surface area contributed by atoms with Gasteiger partial charge in [-0.3, -0.25) is 10.1 Å². The first kappa shape index (κ1) is 9.68. The number of piperidine rings is 2. The smallest absolute Gasteiger partial charge is 0.140 e. The van der Waals surface area contributed by atoms with Gasteiger partial charge in [-0.05, 0) is 6.92 Å². The van der Waals surface area contributed by atoms with Crippen LogP contribution in [0.15, 0.2) is 0 Å². The van der Waals surface area contributed by atoms with Crippen molar-refractivity contribution >= 4 is 5.78 Å². The molecule has 0 amide bonds. The molecule has 0 aromatic rings. The lowest BCUT2D eigenvalue weighted by atomic mass is 9.77. The van der Waals surface area contributed by atoms with Crippen LogP contribution in [0.5, 0.6) is 0 Å². The molecular weight excluding hydrogens is 196 g/mol. The highest BCUT2D eigenvalue weighted by molar-refractivity contribution is 5.83. The molecule has 3 saturated heterocycles. The number of carbonyl (C=O) groups excluding carboxylic acids is 1. The van der Waals surface area contributed by atoms with Crippen LogP contribution < -0.4 is 21.6 Å². The van der Waals surface area contributed by atoms with E-state index in [-0.39, 0.29) is 30.2 Å². The summed E-state index contributed by atoms with van der Waals surface area (Å²) in [5.41, 5.74) is 5.77. The van der Waals surface area contributed by atoms with Crippen LogP contribution in [0.1, 0.15) is 13.3 Å². The van der Waals surface area contributed by atoms with E-state index in [1.54, 1.807) is 0 Å². The fourth-order valence-electron chi connectivity index (χ4n) is 2.91. The van der Waals surface area contributed by atoms with Crippen LogP contribution in [-0.2, 0) is 9.73 Å². The Morgan fingerprint density at radius 2 is 2.20 bits per heavy atom. The van der Waals surface area contributed by atoms with Crippen LogP contribution in [0.2, 0.25) is 0 Å². The third-order valence-electron chi connectivity index (χ3n) is 3.62. The molecule has 0 aromatic carbocycles. The Bertz CT molecular complexity index is 285. The van der Waals surface area contributed by atoms with Gasteiger partial charge in [-0.2, -0.15) is 11.0 Å². The highest BCUT2D eigenvalue weighted by Crippen LogP contribution is 2.26. The third-order valence-corrected chi connectivity index (χ3v) is 3.62. The van der Waals surface area contributed by atoms with E-state index in [4.69, 9.17) is 4.94 Å². The standard InChI is InChI=1S/C9H16N4O2/c1-4-6-5(14)2-3-10-7(6)8-9(11-4)13-15-12-8/h4,6-13H,2-3H2,1H3. The van der Waals surface area contributed by atoms with Crippen molar-refractivity contribution in [3.8, 4) is 0 Å². The van der Waals surface area contributed by atoms with Gasteiger partial charge in [0.15, 0.2) is 0 Å². The predicted octanol–water partition coefficient (Wildman–Crippen LogP) is -1.74. The average molecular weight is 212 g/mol. The number of hydrogen-bond donors (Lipinski definition) is 4. The van der Waals surface area contributed by atoms with Gasteiger partial charge in [0.05, 0.1) is 6.04 Å². The fourth-order valence-corrected chi connectivity index (χ4v) is 2.91. The normalized spacial score (nSPS) is 49.9. The molecule has 0 radical (unpaired) electrons. The van der Waals surface area contributed by atoms with Crippen LogP contribution in [0.3, 0.4) is 0 Å². The Balaban J connectivity index is 1.87. The maximum atomic E-state index is 11.9. The summed E-state index contributed by atoms with van der Waals surface area (Å²) in [6.45, 7) is 2.83. The largest absolute Gasteiger partial charge is 0.311 e. The van der Waals surface area contributed by atoms with Gasteiger partial charge in [0.2, 0.25) is 0 Å². The number of ketones is 1. The van der Waals surface area contributed by atoms with Crippen molar-refractivity contribution in [3.63, 3.8) is 0 Å². The average Bonchev–Trinajstić information content (AvgIpc) is 2.65. The monoisotopic (exact) mass is 212 g/mol. The molecule has 0 spiro atoms. The van der Waals surface area contributed by atoms with Gasteiger partial charge in [0, 0.05) is 31.0 Å². The molecule has 6 heteroatoms. The van der Waals surface area contributed by atoms with Gasteiger partial charge in [0.1, 0.15) is 11.9 Å². The molecule has 84 valence electrons. The van der Waals surface area contributed by atoms with Gasteiger partial charge in [-0.15, -0.1) is 0 Å². The summed E-state index contributed by atoms with van der Waals surface area (Å²) in [5.74, 6) is 0.405. The van der Waals surface area contributed by atoms with E-state index >= 15 is 0 Å². The maximum absolute atomic E-state index is 11.9. The number of carbonyl (C=O) groups is 1. The van der Waals surface area contributed by atoms with E-state index < -0.39 is 0 Å².